The van der Waals surface area contributed by atoms with Gasteiger partial charge in [-0.05, 0) is 56.2 Å². The van der Waals surface area contributed by atoms with Crippen LogP contribution in [0, 0.1) is 5.92 Å². The summed E-state index contributed by atoms with van der Waals surface area (Å²) in [6.45, 7) is 2.09. The van der Waals surface area contributed by atoms with Gasteiger partial charge in [0.25, 0.3) is 0 Å². The number of amides is 2. The zero-order chi connectivity index (χ0) is 24.0. The Morgan fingerprint density at radius 1 is 1.12 bits per heavy atom. The molecule has 2 atom stereocenters. The lowest BCUT2D eigenvalue weighted by atomic mass is 9.82. The van der Waals surface area contributed by atoms with E-state index in [1.165, 1.54) is 11.3 Å². The second-order valence-corrected chi connectivity index (χ2v) is 12.1. The predicted octanol–water partition coefficient (Wildman–Crippen LogP) is 3.71. The molecule has 0 spiro atoms. The molecule has 9 nitrogen and oxygen atoms in total. The third-order valence-corrected chi connectivity index (χ3v) is 9.15. The number of rotatable bonds is 4. The molecule has 3 heterocycles. The van der Waals surface area contributed by atoms with Crippen molar-refractivity contribution in [2.75, 3.05) is 27.9 Å². The largest absolute Gasteiger partial charge is 0.465 e. The van der Waals surface area contributed by atoms with Crippen LogP contribution in [-0.2, 0) is 14.6 Å². The summed E-state index contributed by atoms with van der Waals surface area (Å²) < 4.78 is 25.8. The Morgan fingerprint density at radius 2 is 1.91 bits per heavy atom. The van der Waals surface area contributed by atoms with Crippen molar-refractivity contribution < 1.29 is 23.1 Å². The highest BCUT2D eigenvalue weighted by Gasteiger charge is 2.36. The fraction of sp³-hybridized carbons (Fsp3) is 0.542. The number of carbonyl (C=O) groups is 2. The van der Waals surface area contributed by atoms with Gasteiger partial charge in [0.2, 0.25) is 5.91 Å². The van der Waals surface area contributed by atoms with Crippen LogP contribution in [0.5, 0.6) is 0 Å². The third kappa shape index (κ3) is 4.31. The maximum atomic E-state index is 13.1. The van der Waals surface area contributed by atoms with Gasteiger partial charge in [-0.1, -0.05) is 12.5 Å². The number of anilines is 2. The van der Waals surface area contributed by atoms with E-state index >= 15 is 0 Å². The molecule has 2 fully saturated rings. The van der Waals surface area contributed by atoms with Crippen LogP contribution in [0.3, 0.4) is 0 Å². The highest BCUT2D eigenvalue weighted by Crippen LogP contribution is 2.40. The standard InChI is InChI=1S/C24H30N4O5S/c1-16-13-26(24(30)31)22-11-18(7-8-21(22)28(16)23(29)10-17-4-2-5-17)19-12-25-27(14-19)20-6-3-9-34(32,33)15-20/h7-8,11-12,14,16-17,20H,2-6,9-10,13,15H2,1H3,(H,30,31)/t16-,20?/m0/s1. The SMILES string of the molecule is C[C@H]1CN(C(=O)O)c2cc(-c3cnn(C4CCCS(=O)(=O)C4)c3)ccc2N1C(=O)CC1CCC1. The number of hydrogen-bond acceptors (Lipinski definition) is 5. The molecule has 10 heteroatoms. The number of nitrogens with zero attached hydrogens (tertiary/aromatic N) is 4. The minimum atomic E-state index is -3.06. The molecule has 2 amide bonds. The number of carbonyl (C=O) groups excluding carboxylic acids is 1. The smallest absolute Gasteiger partial charge is 0.411 e. The van der Waals surface area contributed by atoms with Gasteiger partial charge < -0.3 is 10.0 Å². The lowest BCUT2D eigenvalue weighted by Crippen LogP contribution is -2.52. The Kier molecular flexibility index (Phi) is 5.87. The highest BCUT2D eigenvalue weighted by molar-refractivity contribution is 7.91. The number of sulfone groups is 1. The van der Waals surface area contributed by atoms with Gasteiger partial charge in [0.1, 0.15) is 0 Å². The van der Waals surface area contributed by atoms with Crippen molar-refractivity contribution in [2.45, 2.75) is 57.5 Å². The van der Waals surface area contributed by atoms with E-state index < -0.39 is 15.9 Å². The number of fused-ring (bicyclic) bond motifs is 1. The summed E-state index contributed by atoms with van der Waals surface area (Å²) in [6, 6.07) is 5.04. The summed E-state index contributed by atoms with van der Waals surface area (Å²) in [4.78, 5) is 28.2. The van der Waals surface area contributed by atoms with E-state index in [9.17, 15) is 23.1 Å². The van der Waals surface area contributed by atoms with Crippen molar-refractivity contribution in [3.63, 3.8) is 0 Å². The fourth-order valence-electron chi connectivity index (χ4n) is 5.30. The maximum Gasteiger partial charge on any atom is 0.411 e. The van der Waals surface area contributed by atoms with Gasteiger partial charge in [-0.25, -0.2) is 13.2 Å². The first kappa shape index (κ1) is 22.9. The molecule has 182 valence electrons. The molecule has 1 aromatic heterocycles. The minimum absolute atomic E-state index is 0.0440. The van der Waals surface area contributed by atoms with Gasteiger partial charge in [-0.3, -0.25) is 14.4 Å². The normalized spacial score (nSPS) is 24.4. The first-order chi connectivity index (χ1) is 16.2. The summed E-state index contributed by atoms with van der Waals surface area (Å²) in [7, 11) is -3.06. The molecule has 0 radical (unpaired) electrons. The summed E-state index contributed by atoms with van der Waals surface area (Å²) >= 11 is 0. The Balaban J connectivity index is 1.46. The summed E-state index contributed by atoms with van der Waals surface area (Å²) in [5, 5.41) is 14.3. The lowest BCUT2D eigenvalue weighted by Gasteiger charge is -2.41. The molecule has 0 bridgehead atoms. The van der Waals surface area contributed by atoms with Crippen LogP contribution in [0.1, 0.15) is 51.5 Å². The first-order valence-electron chi connectivity index (χ1n) is 11.9. The lowest BCUT2D eigenvalue weighted by molar-refractivity contribution is -0.120. The Hall–Kier alpha value is -2.88. The van der Waals surface area contributed by atoms with Crippen molar-refractivity contribution >= 4 is 33.2 Å². The van der Waals surface area contributed by atoms with Crippen molar-refractivity contribution in [2.24, 2.45) is 5.92 Å². The summed E-state index contributed by atoms with van der Waals surface area (Å²) in [6.07, 6.45) is 7.64. The van der Waals surface area contributed by atoms with Crippen LogP contribution in [-0.4, -0.2) is 59.4 Å². The zero-order valence-electron chi connectivity index (χ0n) is 19.3. The van der Waals surface area contributed by atoms with Gasteiger partial charge in [0, 0.05) is 24.7 Å². The number of aromatic nitrogens is 2. The Morgan fingerprint density at radius 3 is 2.59 bits per heavy atom. The van der Waals surface area contributed by atoms with Crippen LogP contribution in [0.15, 0.2) is 30.6 Å². The zero-order valence-corrected chi connectivity index (χ0v) is 20.1. The molecule has 1 aliphatic carbocycles. The molecule has 1 saturated carbocycles. The molecular weight excluding hydrogens is 456 g/mol. The predicted molar refractivity (Wildman–Crippen MR) is 129 cm³/mol. The van der Waals surface area contributed by atoms with Crippen molar-refractivity contribution in [3.8, 4) is 11.1 Å². The van der Waals surface area contributed by atoms with Crippen molar-refractivity contribution in [1.29, 1.82) is 0 Å². The van der Waals surface area contributed by atoms with Gasteiger partial charge in [-0.2, -0.15) is 5.10 Å². The highest BCUT2D eigenvalue weighted by atomic mass is 32.2. The molecule has 5 rings (SSSR count). The second kappa shape index (κ2) is 8.72. The monoisotopic (exact) mass is 486 g/mol. The summed E-state index contributed by atoms with van der Waals surface area (Å²) in [5.41, 5.74) is 2.65. The Bertz CT molecular complexity index is 1220. The van der Waals surface area contributed by atoms with Crippen LogP contribution in [0.2, 0.25) is 0 Å². The van der Waals surface area contributed by atoms with Crippen LogP contribution in [0.4, 0.5) is 16.2 Å². The second-order valence-electron chi connectivity index (χ2n) is 9.83. The van der Waals surface area contributed by atoms with Crippen LogP contribution in [0.25, 0.3) is 11.1 Å². The van der Waals surface area contributed by atoms with Gasteiger partial charge in [0.15, 0.2) is 9.84 Å². The number of hydrogen-bond donors (Lipinski definition) is 1. The fourth-order valence-corrected chi connectivity index (χ4v) is 6.98. The number of carboxylic acid groups (broad SMARTS) is 1. The van der Waals surface area contributed by atoms with E-state index in [0.717, 1.165) is 30.4 Å². The minimum Gasteiger partial charge on any atom is -0.465 e. The molecule has 1 saturated heterocycles. The summed E-state index contributed by atoms with van der Waals surface area (Å²) in [5.74, 6) is 0.778. The van der Waals surface area contributed by atoms with E-state index in [4.69, 9.17) is 0 Å². The first-order valence-corrected chi connectivity index (χ1v) is 13.8. The maximum absolute atomic E-state index is 13.1. The topological polar surface area (TPSA) is 113 Å². The Labute approximate surface area is 199 Å². The van der Waals surface area contributed by atoms with Crippen molar-refractivity contribution in [1.82, 2.24) is 9.78 Å². The molecular formula is C24H30N4O5S. The third-order valence-electron chi connectivity index (χ3n) is 7.35. The van der Waals surface area contributed by atoms with Gasteiger partial charge in [-0.15, -0.1) is 0 Å². The van der Waals surface area contributed by atoms with Crippen LogP contribution < -0.4 is 9.80 Å². The van der Waals surface area contributed by atoms with E-state index in [0.29, 0.717) is 30.1 Å². The average Bonchev–Trinajstić information content (AvgIpc) is 3.25. The van der Waals surface area contributed by atoms with E-state index in [2.05, 4.69) is 5.10 Å². The molecule has 3 aliphatic rings. The quantitative estimate of drug-likeness (QED) is 0.705. The average molecular weight is 487 g/mol. The number of benzene rings is 1. The molecule has 1 aromatic carbocycles. The van der Waals surface area contributed by atoms with Crippen LogP contribution >= 0.6 is 0 Å². The van der Waals surface area contributed by atoms with Crippen molar-refractivity contribution in [3.05, 3.63) is 30.6 Å². The van der Waals surface area contributed by atoms with E-state index in [-0.39, 0.29) is 36.0 Å². The molecule has 2 aromatic rings. The van der Waals surface area contributed by atoms with Gasteiger partial charge >= 0.3 is 6.09 Å². The van der Waals surface area contributed by atoms with E-state index in [1.807, 2.05) is 25.3 Å². The molecule has 2 aliphatic heterocycles. The molecule has 1 N–H and O–H groups in total. The molecule has 1 unspecified atom stereocenters. The van der Waals surface area contributed by atoms with Gasteiger partial charge in [0.05, 0.1) is 41.2 Å². The van der Waals surface area contributed by atoms with E-state index in [1.54, 1.807) is 21.8 Å². The molecule has 34 heavy (non-hydrogen) atoms.